The van der Waals surface area contributed by atoms with Crippen LogP contribution in [0.5, 0.6) is 0 Å². The summed E-state index contributed by atoms with van der Waals surface area (Å²) >= 11 is 1.62. The second-order valence-corrected chi connectivity index (χ2v) is 5.37. The summed E-state index contributed by atoms with van der Waals surface area (Å²) in [5.74, 6) is 2.00. The van der Waals surface area contributed by atoms with E-state index in [0.717, 1.165) is 15.8 Å². The molecule has 21 heavy (non-hydrogen) atoms. The Morgan fingerprint density at radius 1 is 1.24 bits per heavy atom. The highest BCUT2D eigenvalue weighted by atomic mass is 32.1. The second-order valence-electron chi connectivity index (χ2n) is 4.42. The quantitative estimate of drug-likeness (QED) is 0.625. The van der Waals surface area contributed by atoms with Crippen LogP contribution in [0.3, 0.4) is 0 Å². The van der Waals surface area contributed by atoms with Crippen LogP contribution < -0.4 is 5.73 Å². The number of thiophene rings is 1. The SMILES string of the molecule is NCc1ccc(-c2nc(-c3cnc4ccsc4c3)no2)o1. The molecule has 0 saturated heterocycles. The highest BCUT2D eigenvalue weighted by Crippen LogP contribution is 2.27. The van der Waals surface area contributed by atoms with Gasteiger partial charge in [0.15, 0.2) is 5.76 Å². The average molecular weight is 298 g/mol. The molecular weight excluding hydrogens is 288 g/mol. The van der Waals surface area contributed by atoms with E-state index in [1.807, 2.05) is 17.5 Å². The first-order valence-corrected chi connectivity index (χ1v) is 7.18. The zero-order valence-corrected chi connectivity index (χ0v) is 11.6. The lowest BCUT2D eigenvalue weighted by Crippen LogP contribution is -1.92. The summed E-state index contributed by atoms with van der Waals surface area (Å²) in [7, 11) is 0. The molecule has 104 valence electrons. The molecule has 4 aromatic rings. The number of rotatable bonds is 3. The maximum atomic E-state index is 5.51. The van der Waals surface area contributed by atoms with Gasteiger partial charge < -0.3 is 14.7 Å². The monoisotopic (exact) mass is 298 g/mol. The third kappa shape index (κ3) is 2.12. The van der Waals surface area contributed by atoms with E-state index in [-0.39, 0.29) is 0 Å². The van der Waals surface area contributed by atoms with E-state index in [1.165, 1.54) is 0 Å². The van der Waals surface area contributed by atoms with Crippen LogP contribution in [0, 0.1) is 0 Å². The third-order valence-electron chi connectivity index (χ3n) is 3.06. The lowest BCUT2D eigenvalue weighted by molar-refractivity contribution is 0.412. The Morgan fingerprint density at radius 2 is 2.19 bits per heavy atom. The summed E-state index contributed by atoms with van der Waals surface area (Å²) in [6.45, 7) is 0.333. The second kappa shape index (κ2) is 4.80. The normalized spacial score (nSPS) is 11.3. The highest BCUT2D eigenvalue weighted by Gasteiger charge is 2.14. The molecule has 2 N–H and O–H groups in total. The van der Waals surface area contributed by atoms with Crippen LogP contribution in [-0.4, -0.2) is 15.1 Å². The Kier molecular flexibility index (Phi) is 2.80. The summed E-state index contributed by atoms with van der Waals surface area (Å²) in [4.78, 5) is 8.71. The number of hydrogen-bond donors (Lipinski definition) is 1. The molecule has 0 aliphatic carbocycles. The summed E-state index contributed by atoms with van der Waals surface area (Å²) < 4.78 is 11.8. The van der Waals surface area contributed by atoms with Crippen LogP contribution >= 0.6 is 11.3 Å². The number of pyridine rings is 1. The van der Waals surface area contributed by atoms with E-state index < -0.39 is 0 Å². The molecule has 4 heterocycles. The van der Waals surface area contributed by atoms with Gasteiger partial charge in [-0.15, -0.1) is 11.3 Å². The van der Waals surface area contributed by atoms with Gasteiger partial charge in [-0.2, -0.15) is 4.98 Å². The largest absolute Gasteiger partial charge is 0.455 e. The predicted molar refractivity (Wildman–Crippen MR) is 78.5 cm³/mol. The van der Waals surface area contributed by atoms with Gasteiger partial charge in [0.2, 0.25) is 5.82 Å². The van der Waals surface area contributed by atoms with Gasteiger partial charge in [-0.3, -0.25) is 4.98 Å². The minimum Gasteiger partial charge on any atom is -0.455 e. The number of nitrogens with zero attached hydrogens (tertiary/aromatic N) is 3. The van der Waals surface area contributed by atoms with E-state index in [9.17, 15) is 0 Å². The molecular formula is C14H10N4O2S. The molecule has 0 spiro atoms. The zero-order valence-electron chi connectivity index (χ0n) is 10.8. The first-order valence-electron chi connectivity index (χ1n) is 6.30. The van der Waals surface area contributed by atoms with E-state index in [1.54, 1.807) is 29.7 Å². The van der Waals surface area contributed by atoms with Crippen molar-refractivity contribution in [2.45, 2.75) is 6.54 Å². The first kappa shape index (κ1) is 12.2. The van der Waals surface area contributed by atoms with Crippen LogP contribution in [0.4, 0.5) is 0 Å². The fourth-order valence-corrected chi connectivity index (χ4v) is 2.79. The van der Waals surface area contributed by atoms with Gasteiger partial charge in [-0.05, 0) is 29.6 Å². The molecule has 0 fully saturated rings. The van der Waals surface area contributed by atoms with Crippen LogP contribution in [0.2, 0.25) is 0 Å². The van der Waals surface area contributed by atoms with Crippen molar-refractivity contribution in [2.75, 3.05) is 0 Å². The Balaban J connectivity index is 1.72. The Labute approximate surface area is 123 Å². The van der Waals surface area contributed by atoms with Crippen molar-refractivity contribution in [1.29, 1.82) is 0 Å². The Hall–Kier alpha value is -2.51. The minimum atomic E-state index is 0.330. The Bertz CT molecular complexity index is 908. The topological polar surface area (TPSA) is 91.0 Å². The predicted octanol–water partition coefficient (Wildman–Crippen LogP) is 3.07. The molecule has 4 aromatic heterocycles. The molecule has 0 atom stereocenters. The molecule has 0 bridgehead atoms. The molecule has 0 aliphatic heterocycles. The summed E-state index contributed by atoms with van der Waals surface area (Å²) in [6, 6.07) is 7.52. The fraction of sp³-hybridized carbons (Fsp3) is 0.0714. The van der Waals surface area contributed by atoms with Crippen LogP contribution in [-0.2, 0) is 6.54 Å². The van der Waals surface area contributed by atoms with Gasteiger partial charge in [0.05, 0.1) is 16.8 Å². The van der Waals surface area contributed by atoms with Gasteiger partial charge in [0.1, 0.15) is 5.76 Å². The first-order chi connectivity index (χ1) is 10.3. The summed E-state index contributed by atoms with van der Waals surface area (Å²) in [5, 5.41) is 5.98. The van der Waals surface area contributed by atoms with Crippen molar-refractivity contribution >= 4 is 21.6 Å². The summed E-state index contributed by atoms with van der Waals surface area (Å²) in [5.41, 5.74) is 7.29. The van der Waals surface area contributed by atoms with Crippen molar-refractivity contribution < 1.29 is 8.94 Å². The van der Waals surface area contributed by atoms with Crippen LogP contribution in [0.1, 0.15) is 5.76 Å². The Morgan fingerprint density at radius 3 is 3.05 bits per heavy atom. The molecule has 0 aromatic carbocycles. The third-order valence-corrected chi connectivity index (χ3v) is 3.91. The lowest BCUT2D eigenvalue weighted by atomic mass is 10.2. The molecule has 7 heteroatoms. The van der Waals surface area contributed by atoms with Crippen molar-refractivity contribution in [3.8, 4) is 23.0 Å². The summed E-state index contributed by atoms with van der Waals surface area (Å²) in [6.07, 6.45) is 1.73. The van der Waals surface area contributed by atoms with Gasteiger partial charge in [-0.25, -0.2) is 0 Å². The van der Waals surface area contributed by atoms with Crippen molar-refractivity contribution in [2.24, 2.45) is 5.73 Å². The van der Waals surface area contributed by atoms with E-state index in [4.69, 9.17) is 14.7 Å². The highest BCUT2D eigenvalue weighted by molar-refractivity contribution is 7.17. The number of fused-ring (bicyclic) bond motifs is 1. The molecule has 0 aliphatic rings. The number of furan rings is 1. The number of nitrogens with two attached hydrogens (primary N) is 1. The van der Waals surface area contributed by atoms with Crippen molar-refractivity contribution in [3.05, 3.63) is 41.6 Å². The van der Waals surface area contributed by atoms with Crippen LogP contribution in [0.15, 0.2) is 44.8 Å². The van der Waals surface area contributed by atoms with Crippen molar-refractivity contribution in [3.63, 3.8) is 0 Å². The lowest BCUT2D eigenvalue weighted by Gasteiger charge is -1.93. The van der Waals surface area contributed by atoms with E-state index in [0.29, 0.717) is 29.8 Å². The number of hydrogen-bond acceptors (Lipinski definition) is 7. The fourth-order valence-electron chi connectivity index (χ4n) is 2.01. The van der Waals surface area contributed by atoms with Gasteiger partial charge in [0, 0.05) is 11.8 Å². The molecule has 0 radical (unpaired) electrons. The van der Waals surface area contributed by atoms with Gasteiger partial charge in [-0.1, -0.05) is 5.16 Å². The maximum Gasteiger partial charge on any atom is 0.293 e. The van der Waals surface area contributed by atoms with Gasteiger partial charge >= 0.3 is 0 Å². The molecule has 4 rings (SSSR count). The minimum absolute atomic E-state index is 0.330. The standard InChI is InChI=1S/C14H10N4O2S/c15-6-9-1-2-11(19-9)14-17-13(18-20-14)8-5-12-10(16-7-8)3-4-21-12/h1-5,7H,6,15H2. The number of aromatic nitrogens is 3. The van der Waals surface area contributed by atoms with E-state index in [2.05, 4.69) is 15.1 Å². The average Bonchev–Trinajstić information content (AvgIpc) is 3.24. The van der Waals surface area contributed by atoms with E-state index >= 15 is 0 Å². The molecule has 0 amide bonds. The van der Waals surface area contributed by atoms with Gasteiger partial charge in [0.25, 0.3) is 5.89 Å². The molecule has 0 saturated carbocycles. The van der Waals surface area contributed by atoms with Crippen LogP contribution in [0.25, 0.3) is 33.3 Å². The molecule has 0 unspecified atom stereocenters. The molecule has 6 nitrogen and oxygen atoms in total. The maximum absolute atomic E-state index is 5.51. The zero-order chi connectivity index (χ0) is 14.2. The van der Waals surface area contributed by atoms with Crippen molar-refractivity contribution in [1.82, 2.24) is 15.1 Å². The smallest absolute Gasteiger partial charge is 0.293 e.